The van der Waals surface area contributed by atoms with Crippen LogP contribution < -0.4 is 19.5 Å². The summed E-state index contributed by atoms with van der Waals surface area (Å²) in [5, 5.41) is 7.43. The fourth-order valence-electron chi connectivity index (χ4n) is 3.71. The van der Waals surface area contributed by atoms with E-state index in [2.05, 4.69) is 5.32 Å². The summed E-state index contributed by atoms with van der Waals surface area (Å²) < 4.78 is 18.2. The van der Waals surface area contributed by atoms with E-state index in [0.29, 0.717) is 5.82 Å². The zero-order valence-electron chi connectivity index (χ0n) is 18.1. The van der Waals surface area contributed by atoms with Crippen LogP contribution in [0.3, 0.4) is 0 Å². The van der Waals surface area contributed by atoms with Crippen LogP contribution in [0.5, 0.6) is 17.2 Å². The number of carbonyl (C=O) groups excluding carboxylic acids is 1. The number of thioether (sulfide) groups is 1. The van der Waals surface area contributed by atoms with Crippen molar-refractivity contribution in [2.24, 2.45) is 0 Å². The van der Waals surface area contributed by atoms with E-state index in [1.165, 1.54) is 0 Å². The number of amides is 1. The zero-order valence-corrected chi connectivity index (χ0v) is 18.9. The molecule has 8 heteroatoms. The van der Waals surface area contributed by atoms with E-state index < -0.39 is 0 Å². The Bertz CT molecular complexity index is 1110. The molecule has 0 saturated heterocycles. The summed E-state index contributed by atoms with van der Waals surface area (Å²) in [4.78, 5) is 12.9. The molecule has 2 atom stereocenters. The summed E-state index contributed by atoms with van der Waals surface area (Å²) >= 11 is 1.57. The van der Waals surface area contributed by atoms with Crippen molar-refractivity contribution in [1.29, 1.82) is 0 Å². The van der Waals surface area contributed by atoms with Gasteiger partial charge in [-0.2, -0.15) is 5.10 Å². The summed E-state index contributed by atoms with van der Waals surface area (Å²) in [6.45, 7) is 3.87. The number of ether oxygens (including phenoxy) is 3. The van der Waals surface area contributed by atoms with Crippen molar-refractivity contribution in [3.05, 3.63) is 59.3 Å². The van der Waals surface area contributed by atoms with Crippen LogP contribution in [-0.4, -0.2) is 42.3 Å². The third-order valence-corrected chi connectivity index (χ3v) is 6.74. The Morgan fingerprint density at radius 1 is 1.00 bits per heavy atom. The lowest BCUT2D eigenvalue weighted by Crippen LogP contribution is -2.22. The lowest BCUT2D eigenvalue weighted by atomic mass is 10.0. The largest absolute Gasteiger partial charge is 0.497 e. The molecule has 1 aromatic heterocycles. The van der Waals surface area contributed by atoms with Gasteiger partial charge in [0.05, 0.1) is 43.2 Å². The van der Waals surface area contributed by atoms with Gasteiger partial charge in [-0.3, -0.25) is 4.79 Å². The van der Waals surface area contributed by atoms with Gasteiger partial charge in [0.25, 0.3) is 0 Å². The molecule has 1 aliphatic heterocycles. The van der Waals surface area contributed by atoms with Gasteiger partial charge >= 0.3 is 0 Å². The molecule has 162 valence electrons. The predicted octanol–water partition coefficient (Wildman–Crippen LogP) is 4.37. The Morgan fingerprint density at radius 2 is 1.68 bits per heavy atom. The smallest absolute Gasteiger partial charge is 0.238 e. The molecule has 0 unspecified atom stereocenters. The highest BCUT2D eigenvalue weighted by Gasteiger charge is 2.35. The van der Waals surface area contributed by atoms with Crippen LogP contribution in [0.4, 0.5) is 5.82 Å². The molecule has 2 heterocycles. The maximum Gasteiger partial charge on any atom is 0.238 e. The first-order valence-electron chi connectivity index (χ1n) is 9.89. The third-order valence-electron chi connectivity index (χ3n) is 5.36. The van der Waals surface area contributed by atoms with Crippen LogP contribution in [-0.2, 0) is 4.79 Å². The molecule has 31 heavy (non-hydrogen) atoms. The molecule has 0 aliphatic carbocycles. The van der Waals surface area contributed by atoms with Gasteiger partial charge in [-0.05, 0) is 56.3 Å². The van der Waals surface area contributed by atoms with Crippen LogP contribution >= 0.6 is 11.8 Å². The summed E-state index contributed by atoms with van der Waals surface area (Å²) in [6.07, 6.45) is 0. The molecule has 1 amide bonds. The number of nitrogens with one attached hydrogen (secondary N) is 1. The van der Waals surface area contributed by atoms with Crippen molar-refractivity contribution in [2.75, 3.05) is 26.6 Å². The fourth-order valence-corrected chi connectivity index (χ4v) is 5.05. The molecule has 2 aromatic carbocycles. The lowest BCUT2D eigenvalue weighted by Gasteiger charge is -2.20. The van der Waals surface area contributed by atoms with Crippen molar-refractivity contribution >= 4 is 23.5 Å². The standard InChI is InChI=1S/C23H25N3O4S/c1-13-20-21(18-12-17(29-4)10-11-19(18)30-5)31-14(2)23(27)24-22(20)26(25-13)15-6-8-16(28-3)9-7-15/h6-12,14,21H,1-5H3,(H,24,27)/t14-,21+/m1/s1. The number of nitrogens with zero attached hydrogens (tertiary/aromatic N) is 2. The van der Waals surface area contributed by atoms with Crippen molar-refractivity contribution in [1.82, 2.24) is 9.78 Å². The van der Waals surface area contributed by atoms with Gasteiger partial charge in [0, 0.05) is 11.1 Å². The molecule has 7 nitrogen and oxygen atoms in total. The molecule has 1 N–H and O–H groups in total. The number of carbonyl (C=O) groups is 1. The SMILES string of the molecule is COc1ccc(-n2nc(C)c3c2NC(=O)[C@@H](C)S[C@H]3c2cc(OC)ccc2OC)cc1. The topological polar surface area (TPSA) is 74.6 Å². The quantitative estimate of drug-likeness (QED) is 0.636. The van der Waals surface area contributed by atoms with Crippen LogP contribution in [0.2, 0.25) is 0 Å². The first kappa shape index (κ1) is 21.1. The van der Waals surface area contributed by atoms with Gasteiger partial charge in [-0.15, -0.1) is 11.8 Å². The van der Waals surface area contributed by atoms with Gasteiger partial charge in [0.15, 0.2) is 0 Å². The van der Waals surface area contributed by atoms with Gasteiger partial charge in [0.2, 0.25) is 5.91 Å². The average molecular weight is 440 g/mol. The molecule has 4 rings (SSSR count). The number of hydrogen-bond donors (Lipinski definition) is 1. The van der Waals surface area contributed by atoms with Crippen LogP contribution in [0.25, 0.3) is 5.69 Å². The molecule has 0 spiro atoms. The fraction of sp³-hybridized carbons (Fsp3) is 0.304. The molecule has 0 bridgehead atoms. The Labute approximate surface area is 185 Å². The minimum atomic E-state index is -0.267. The molecule has 0 saturated carbocycles. The van der Waals surface area contributed by atoms with E-state index in [1.54, 1.807) is 37.8 Å². The highest BCUT2D eigenvalue weighted by atomic mass is 32.2. The zero-order chi connectivity index (χ0) is 22.1. The summed E-state index contributed by atoms with van der Waals surface area (Å²) in [7, 11) is 4.91. The number of fused-ring (bicyclic) bond motifs is 1. The van der Waals surface area contributed by atoms with E-state index in [4.69, 9.17) is 19.3 Å². The van der Waals surface area contributed by atoms with Crippen molar-refractivity contribution in [2.45, 2.75) is 24.3 Å². The second-order valence-electron chi connectivity index (χ2n) is 7.21. The van der Waals surface area contributed by atoms with Crippen molar-refractivity contribution < 1.29 is 19.0 Å². The second-order valence-corrected chi connectivity index (χ2v) is 8.66. The second kappa shape index (κ2) is 8.55. The van der Waals surface area contributed by atoms with Crippen LogP contribution in [0.1, 0.15) is 29.0 Å². The number of methoxy groups -OCH3 is 3. The van der Waals surface area contributed by atoms with Crippen molar-refractivity contribution in [3.8, 4) is 22.9 Å². The Kier molecular flexibility index (Phi) is 5.82. The molecule has 3 aromatic rings. The first-order valence-corrected chi connectivity index (χ1v) is 10.8. The van der Waals surface area contributed by atoms with Crippen LogP contribution in [0.15, 0.2) is 42.5 Å². The summed E-state index contributed by atoms with van der Waals surface area (Å²) in [6, 6.07) is 13.3. The highest BCUT2D eigenvalue weighted by Crippen LogP contribution is 2.49. The Balaban J connectivity index is 1.91. The Hall–Kier alpha value is -3.13. The predicted molar refractivity (Wildman–Crippen MR) is 122 cm³/mol. The highest BCUT2D eigenvalue weighted by molar-refractivity contribution is 8.01. The third kappa shape index (κ3) is 3.83. The summed E-state index contributed by atoms with van der Waals surface area (Å²) in [5.74, 6) is 2.83. The lowest BCUT2D eigenvalue weighted by molar-refractivity contribution is -0.115. The number of aromatic nitrogens is 2. The van der Waals surface area contributed by atoms with E-state index >= 15 is 0 Å². The first-order chi connectivity index (χ1) is 15.0. The number of anilines is 1. The van der Waals surface area contributed by atoms with E-state index in [-0.39, 0.29) is 16.4 Å². The van der Waals surface area contributed by atoms with Gasteiger partial charge in [-0.25, -0.2) is 4.68 Å². The normalized spacial score (nSPS) is 18.0. The number of benzene rings is 2. The van der Waals surface area contributed by atoms with Gasteiger partial charge < -0.3 is 19.5 Å². The van der Waals surface area contributed by atoms with E-state index in [9.17, 15) is 4.79 Å². The average Bonchev–Trinajstić information content (AvgIpc) is 3.04. The van der Waals surface area contributed by atoms with E-state index in [0.717, 1.165) is 39.8 Å². The van der Waals surface area contributed by atoms with E-state index in [1.807, 2.05) is 56.3 Å². The maximum absolute atomic E-state index is 12.9. The summed E-state index contributed by atoms with van der Waals surface area (Å²) in [5.41, 5.74) is 3.56. The number of aryl methyl sites for hydroxylation is 1. The maximum atomic E-state index is 12.9. The minimum Gasteiger partial charge on any atom is -0.497 e. The number of rotatable bonds is 5. The molecule has 0 fully saturated rings. The minimum absolute atomic E-state index is 0.0646. The molecular weight excluding hydrogens is 414 g/mol. The Morgan fingerprint density at radius 3 is 2.32 bits per heavy atom. The number of hydrogen-bond acceptors (Lipinski definition) is 6. The van der Waals surface area contributed by atoms with Crippen molar-refractivity contribution in [3.63, 3.8) is 0 Å². The van der Waals surface area contributed by atoms with Gasteiger partial charge in [0.1, 0.15) is 23.1 Å². The molecule has 0 radical (unpaired) electrons. The molecular formula is C23H25N3O4S. The van der Waals surface area contributed by atoms with Crippen LogP contribution in [0, 0.1) is 6.92 Å². The monoisotopic (exact) mass is 439 g/mol. The molecule has 1 aliphatic rings. The van der Waals surface area contributed by atoms with Gasteiger partial charge in [-0.1, -0.05) is 0 Å².